The van der Waals surface area contributed by atoms with Crippen LogP contribution in [0.2, 0.25) is 0 Å². The predicted molar refractivity (Wildman–Crippen MR) is 107 cm³/mol. The lowest BCUT2D eigenvalue weighted by Gasteiger charge is -2.22. The van der Waals surface area contributed by atoms with Gasteiger partial charge in [-0.3, -0.25) is 9.48 Å². The molecule has 0 aromatic carbocycles. The number of amides is 1. The number of rotatable bonds is 5. The molecule has 1 N–H and O–H groups in total. The van der Waals surface area contributed by atoms with Gasteiger partial charge in [-0.25, -0.2) is 4.98 Å². The Labute approximate surface area is 168 Å². The third kappa shape index (κ3) is 3.17. The molecule has 0 spiro atoms. The van der Waals surface area contributed by atoms with Crippen LogP contribution in [0.3, 0.4) is 0 Å². The Hall–Kier alpha value is -2.87. The summed E-state index contributed by atoms with van der Waals surface area (Å²) in [6.07, 6.45) is 9.12. The van der Waals surface area contributed by atoms with Gasteiger partial charge in [-0.2, -0.15) is 5.10 Å². The van der Waals surface area contributed by atoms with Crippen molar-refractivity contribution < 1.29 is 14.3 Å². The predicted octanol–water partition coefficient (Wildman–Crippen LogP) is 2.93. The Bertz CT molecular complexity index is 1080. The van der Waals surface area contributed by atoms with Crippen LogP contribution in [0.5, 0.6) is 5.75 Å². The molecule has 5 rings (SSSR count). The second-order valence-corrected chi connectivity index (χ2v) is 8.39. The molecule has 1 aliphatic heterocycles. The van der Waals surface area contributed by atoms with Crippen molar-refractivity contribution in [3.8, 4) is 5.75 Å². The zero-order valence-corrected chi connectivity index (χ0v) is 16.9. The summed E-state index contributed by atoms with van der Waals surface area (Å²) in [6, 6.07) is 3.60. The maximum atomic E-state index is 13.0. The van der Waals surface area contributed by atoms with E-state index in [-0.39, 0.29) is 17.4 Å². The largest absolute Gasteiger partial charge is 0.490 e. The number of nitrogens with one attached hydrogen (secondary N) is 1. The highest BCUT2D eigenvalue weighted by Gasteiger charge is 2.48. The van der Waals surface area contributed by atoms with Gasteiger partial charge in [0.25, 0.3) is 5.91 Å². The van der Waals surface area contributed by atoms with Crippen LogP contribution in [0, 0.1) is 0 Å². The topological polar surface area (TPSA) is 82.7 Å². The second-order valence-electron chi connectivity index (χ2n) is 8.39. The van der Waals surface area contributed by atoms with Crippen LogP contribution in [0.4, 0.5) is 5.82 Å². The molecule has 4 heterocycles. The highest BCUT2D eigenvalue weighted by atomic mass is 16.5. The van der Waals surface area contributed by atoms with Crippen LogP contribution in [0.1, 0.15) is 49.2 Å². The van der Waals surface area contributed by atoms with Gasteiger partial charge >= 0.3 is 0 Å². The molecule has 1 aliphatic carbocycles. The molecule has 2 aliphatic rings. The first kappa shape index (κ1) is 18.2. The SMILES string of the molecule is CC(C)Oc1cc2nc(C34CCC(C3)OC4)cn2cc1C(=O)Nc1ccn(C)n1. The van der Waals surface area contributed by atoms with Crippen LogP contribution in [0.25, 0.3) is 5.65 Å². The molecule has 3 aromatic heterocycles. The first-order valence-corrected chi connectivity index (χ1v) is 10.0. The molecule has 2 bridgehead atoms. The number of ether oxygens (including phenoxy) is 2. The summed E-state index contributed by atoms with van der Waals surface area (Å²) < 4.78 is 15.4. The molecule has 2 atom stereocenters. The monoisotopic (exact) mass is 395 g/mol. The van der Waals surface area contributed by atoms with Gasteiger partial charge in [-0.15, -0.1) is 0 Å². The van der Waals surface area contributed by atoms with Crippen LogP contribution >= 0.6 is 0 Å². The molecule has 1 saturated carbocycles. The van der Waals surface area contributed by atoms with Crippen molar-refractivity contribution in [3.63, 3.8) is 0 Å². The number of nitrogens with zero attached hydrogens (tertiary/aromatic N) is 4. The zero-order valence-electron chi connectivity index (χ0n) is 16.9. The van der Waals surface area contributed by atoms with Gasteiger partial charge in [-0.05, 0) is 33.1 Å². The third-order valence-electron chi connectivity index (χ3n) is 5.82. The molecule has 2 unspecified atom stereocenters. The van der Waals surface area contributed by atoms with E-state index in [0.29, 0.717) is 23.2 Å². The van der Waals surface area contributed by atoms with Gasteiger partial charge < -0.3 is 19.2 Å². The normalized spacial score (nSPS) is 23.2. The standard InChI is InChI=1S/C21H25N5O3/c1-13(2)29-16-8-19-22-17(21-6-4-14(9-21)28-12-21)11-26(19)10-15(16)20(27)23-18-5-7-25(3)24-18/h5,7-8,10-11,13-14H,4,6,9,12H2,1-3H3,(H,23,24,27). The summed E-state index contributed by atoms with van der Waals surface area (Å²) >= 11 is 0. The van der Waals surface area contributed by atoms with Crippen molar-refractivity contribution in [1.29, 1.82) is 0 Å². The van der Waals surface area contributed by atoms with Gasteiger partial charge in [-0.1, -0.05) is 0 Å². The summed E-state index contributed by atoms with van der Waals surface area (Å²) in [5.74, 6) is 0.751. The molecule has 8 heteroatoms. The van der Waals surface area contributed by atoms with Crippen LogP contribution in [0.15, 0.2) is 30.7 Å². The van der Waals surface area contributed by atoms with Gasteiger partial charge in [0.2, 0.25) is 0 Å². The van der Waals surface area contributed by atoms with Crippen LogP contribution in [-0.2, 0) is 17.2 Å². The zero-order chi connectivity index (χ0) is 20.2. The Balaban J connectivity index is 1.53. The molecule has 1 saturated heterocycles. The first-order chi connectivity index (χ1) is 13.9. The number of fused-ring (bicyclic) bond motifs is 3. The Morgan fingerprint density at radius 3 is 2.90 bits per heavy atom. The minimum atomic E-state index is -0.264. The number of imidazole rings is 1. The van der Waals surface area contributed by atoms with E-state index in [1.54, 1.807) is 23.1 Å². The van der Waals surface area contributed by atoms with Crippen LogP contribution in [-0.4, -0.2) is 43.9 Å². The van der Waals surface area contributed by atoms with E-state index in [4.69, 9.17) is 14.5 Å². The number of anilines is 1. The maximum absolute atomic E-state index is 13.0. The van der Waals surface area contributed by atoms with Gasteiger partial charge in [0, 0.05) is 43.2 Å². The Morgan fingerprint density at radius 1 is 1.41 bits per heavy atom. The summed E-state index contributed by atoms with van der Waals surface area (Å²) in [6.45, 7) is 4.61. The third-order valence-corrected chi connectivity index (χ3v) is 5.82. The lowest BCUT2D eigenvalue weighted by Crippen LogP contribution is -2.25. The average Bonchev–Trinajstić information content (AvgIpc) is 3.44. The van der Waals surface area contributed by atoms with Gasteiger partial charge in [0.1, 0.15) is 11.4 Å². The van der Waals surface area contributed by atoms with E-state index in [1.807, 2.05) is 37.6 Å². The fraction of sp³-hybridized carbons (Fsp3) is 0.476. The van der Waals surface area contributed by atoms with E-state index in [9.17, 15) is 4.79 Å². The first-order valence-electron chi connectivity index (χ1n) is 10.0. The fourth-order valence-electron chi connectivity index (χ4n) is 4.39. The fourth-order valence-corrected chi connectivity index (χ4v) is 4.39. The van der Waals surface area contributed by atoms with E-state index >= 15 is 0 Å². The number of carbonyl (C=O) groups excluding carboxylic acids is 1. The lowest BCUT2D eigenvalue weighted by atomic mass is 9.85. The highest BCUT2D eigenvalue weighted by molar-refractivity contribution is 6.05. The van der Waals surface area contributed by atoms with E-state index in [0.717, 1.165) is 37.2 Å². The summed E-state index contributed by atoms with van der Waals surface area (Å²) in [5, 5.41) is 7.06. The maximum Gasteiger partial charge on any atom is 0.262 e. The van der Waals surface area contributed by atoms with Crippen molar-refractivity contribution >= 4 is 17.4 Å². The summed E-state index contributed by atoms with van der Waals surface area (Å²) in [5.41, 5.74) is 2.27. The van der Waals surface area contributed by atoms with E-state index in [2.05, 4.69) is 10.4 Å². The van der Waals surface area contributed by atoms with Crippen molar-refractivity contribution in [2.24, 2.45) is 7.05 Å². The number of pyridine rings is 1. The number of aromatic nitrogens is 4. The van der Waals surface area contributed by atoms with Crippen molar-refractivity contribution in [3.05, 3.63) is 42.0 Å². The molecule has 8 nitrogen and oxygen atoms in total. The quantitative estimate of drug-likeness (QED) is 0.718. The smallest absolute Gasteiger partial charge is 0.262 e. The average molecular weight is 395 g/mol. The van der Waals surface area contributed by atoms with Crippen molar-refractivity contribution in [2.75, 3.05) is 11.9 Å². The van der Waals surface area contributed by atoms with Gasteiger partial charge in [0.05, 0.1) is 30.1 Å². The molecule has 152 valence electrons. The number of hydrogen-bond acceptors (Lipinski definition) is 5. The number of aryl methyl sites for hydroxylation is 1. The van der Waals surface area contributed by atoms with Crippen LogP contribution < -0.4 is 10.1 Å². The summed E-state index contributed by atoms with van der Waals surface area (Å²) in [4.78, 5) is 17.8. The molecular weight excluding hydrogens is 370 g/mol. The summed E-state index contributed by atoms with van der Waals surface area (Å²) in [7, 11) is 1.81. The Kier molecular flexibility index (Phi) is 4.13. The molecule has 0 radical (unpaired) electrons. The second kappa shape index (κ2) is 6.59. The molecule has 2 fully saturated rings. The minimum absolute atomic E-state index is 0.00609. The van der Waals surface area contributed by atoms with Crippen molar-refractivity contribution in [1.82, 2.24) is 19.2 Å². The van der Waals surface area contributed by atoms with Crippen molar-refractivity contribution in [2.45, 2.75) is 50.7 Å². The van der Waals surface area contributed by atoms with Gasteiger partial charge in [0.15, 0.2) is 5.82 Å². The lowest BCUT2D eigenvalue weighted by molar-refractivity contribution is 0.0692. The Morgan fingerprint density at radius 2 is 2.28 bits per heavy atom. The van der Waals surface area contributed by atoms with E-state index in [1.165, 1.54) is 0 Å². The highest BCUT2D eigenvalue weighted by Crippen LogP contribution is 2.47. The number of hydrogen-bond donors (Lipinski definition) is 1. The number of carbonyl (C=O) groups is 1. The molecular formula is C21H25N5O3. The molecule has 3 aromatic rings. The molecule has 29 heavy (non-hydrogen) atoms. The minimum Gasteiger partial charge on any atom is -0.490 e. The van der Waals surface area contributed by atoms with E-state index < -0.39 is 0 Å². The molecule has 1 amide bonds.